The van der Waals surface area contributed by atoms with Crippen LogP contribution in [-0.2, 0) is 16.0 Å². The third kappa shape index (κ3) is 8.17. The number of benzene rings is 2. The highest BCUT2D eigenvalue weighted by Gasteiger charge is 2.38. The summed E-state index contributed by atoms with van der Waals surface area (Å²) < 4.78 is 31.7. The summed E-state index contributed by atoms with van der Waals surface area (Å²) in [6.45, 7) is 0. The van der Waals surface area contributed by atoms with E-state index in [0.717, 1.165) is 23.2 Å². The Kier molecular flexibility index (Phi) is 8.13. The van der Waals surface area contributed by atoms with E-state index in [4.69, 9.17) is 15.6 Å². The second-order valence-electron chi connectivity index (χ2n) is 6.38. The van der Waals surface area contributed by atoms with E-state index in [1.807, 2.05) is 66.7 Å². The number of hydrogen-bond donors (Lipinski definition) is 3. The van der Waals surface area contributed by atoms with E-state index >= 15 is 0 Å². The number of nitrogens with two attached hydrogens (primary N) is 1. The largest absolute Gasteiger partial charge is 0.490 e. The molecule has 1 aromatic heterocycles. The third-order valence-corrected chi connectivity index (χ3v) is 4.01. The van der Waals surface area contributed by atoms with Crippen LogP contribution in [-0.4, -0.2) is 28.1 Å². The van der Waals surface area contributed by atoms with Crippen molar-refractivity contribution in [2.75, 3.05) is 11.1 Å². The lowest BCUT2D eigenvalue weighted by molar-refractivity contribution is -0.192. The summed E-state index contributed by atoms with van der Waals surface area (Å²) in [4.78, 5) is 24.9. The molecule has 0 saturated carbocycles. The average molecular weight is 431 g/mol. The Morgan fingerprint density at radius 2 is 1.58 bits per heavy atom. The summed E-state index contributed by atoms with van der Waals surface area (Å²) in [7, 11) is 0. The Morgan fingerprint density at radius 1 is 0.968 bits per heavy atom. The van der Waals surface area contributed by atoms with Crippen LogP contribution < -0.4 is 11.1 Å². The zero-order valence-electron chi connectivity index (χ0n) is 16.3. The Balaban J connectivity index is 0.000000423. The molecule has 0 aliphatic carbocycles. The molecule has 3 rings (SSSR count). The van der Waals surface area contributed by atoms with Crippen LogP contribution in [0.2, 0.25) is 0 Å². The van der Waals surface area contributed by atoms with Crippen LogP contribution >= 0.6 is 0 Å². The molecule has 0 bridgehead atoms. The number of carbonyl (C=O) groups excluding carboxylic acids is 1. The average Bonchev–Trinajstić information content (AvgIpc) is 2.73. The van der Waals surface area contributed by atoms with Gasteiger partial charge in [-0.3, -0.25) is 4.79 Å². The quantitative estimate of drug-likeness (QED) is 0.550. The zero-order valence-corrected chi connectivity index (χ0v) is 16.3. The number of carboxylic acids is 1. The molecule has 31 heavy (non-hydrogen) atoms. The summed E-state index contributed by atoms with van der Waals surface area (Å²) in [5, 5.41) is 10.1. The van der Waals surface area contributed by atoms with Gasteiger partial charge in [0.25, 0.3) is 0 Å². The molecule has 9 heteroatoms. The number of nitrogens with zero attached hydrogens (tertiary/aromatic N) is 1. The Bertz CT molecular complexity index is 1010. The van der Waals surface area contributed by atoms with Gasteiger partial charge in [-0.15, -0.1) is 0 Å². The fourth-order valence-electron chi connectivity index (χ4n) is 2.50. The van der Waals surface area contributed by atoms with Crippen LogP contribution in [0.25, 0.3) is 11.1 Å². The number of aromatic nitrogens is 1. The molecule has 162 valence electrons. The minimum Gasteiger partial charge on any atom is -0.475 e. The van der Waals surface area contributed by atoms with Crippen molar-refractivity contribution in [3.8, 4) is 11.1 Å². The SMILES string of the molecule is Nc1cc(-c2ccc(NC(=O)CCc3ccccc3)cc2)ccn1.O=C(O)C(F)(F)F. The van der Waals surface area contributed by atoms with Crippen LogP contribution in [0.3, 0.4) is 0 Å². The molecule has 0 spiro atoms. The topological polar surface area (TPSA) is 105 Å². The zero-order chi connectivity index (χ0) is 22.9. The van der Waals surface area contributed by atoms with Crippen LogP contribution in [0, 0.1) is 0 Å². The van der Waals surface area contributed by atoms with Crippen LogP contribution in [0.4, 0.5) is 24.7 Å². The van der Waals surface area contributed by atoms with Crippen molar-refractivity contribution in [3.05, 3.63) is 78.5 Å². The van der Waals surface area contributed by atoms with Crippen molar-refractivity contribution in [2.45, 2.75) is 19.0 Å². The molecule has 0 atom stereocenters. The van der Waals surface area contributed by atoms with Gasteiger partial charge in [0.05, 0.1) is 0 Å². The molecule has 0 fully saturated rings. The van der Waals surface area contributed by atoms with Crippen molar-refractivity contribution in [1.29, 1.82) is 0 Å². The molecule has 2 aromatic carbocycles. The highest BCUT2D eigenvalue weighted by molar-refractivity contribution is 5.91. The molecular formula is C22H20F3N3O3. The second kappa shape index (κ2) is 10.8. The Morgan fingerprint density at radius 3 is 2.13 bits per heavy atom. The van der Waals surface area contributed by atoms with Crippen molar-refractivity contribution >= 4 is 23.4 Å². The predicted octanol–water partition coefficient (Wildman–Crippen LogP) is 4.54. The number of pyridine rings is 1. The minimum atomic E-state index is -5.08. The van der Waals surface area contributed by atoms with Gasteiger partial charge in [-0.2, -0.15) is 13.2 Å². The van der Waals surface area contributed by atoms with Gasteiger partial charge < -0.3 is 16.2 Å². The second-order valence-corrected chi connectivity index (χ2v) is 6.38. The number of halogens is 3. The molecule has 1 amide bonds. The maximum atomic E-state index is 12.0. The molecule has 3 aromatic rings. The number of carboxylic acid groups (broad SMARTS) is 1. The van der Waals surface area contributed by atoms with Gasteiger partial charge in [-0.1, -0.05) is 42.5 Å². The highest BCUT2D eigenvalue weighted by atomic mass is 19.4. The molecule has 0 radical (unpaired) electrons. The van der Waals surface area contributed by atoms with Crippen LogP contribution in [0.1, 0.15) is 12.0 Å². The van der Waals surface area contributed by atoms with Gasteiger partial charge in [-0.25, -0.2) is 9.78 Å². The molecule has 0 saturated heterocycles. The maximum absolute atomic E-state index is 12.0. The van der Waals surface area contributed by atoms with Crippen molar-refractivity contribution in [3.63, 3.8) is 0 Å². The van der Waals surface area contributed by atoms with Gasteiger partial charge in [-0.05, 0) is 47.4 Å². The number of anilines is 2. The number of hydrogen-bond acceptors (Lipinski definition) is 4. The number of amides is 1. The van der Waals surface area contributed by atoms with Crippen molar-refractivity contribution in [2.24, 2.45) is 0 Å². The van der Waals surface area contributed by atoms with Crippen molar-refractivity contribution < 1.29 is 27.9 Å². The summed E-state index contributed by atoms with van der Waals surface area (Å²) in [6, 6.07) is 21.4. The standard InChI is InChI=1S/C20H19N3O.C2HF3O2/c21-19-14-17(12-13-22-19)16-7-9-18(10-8-16)23-20(24)11-6-15-4-2-1-3-5-15;3-2(4,5)1(6)7/h1-5,7-10,12-14H,6,11H2,(H2,21,22)(H,23,24);(H,6,7). The highest BCUT2D eigenvalue weighted by Crippen LogP contribution is 2.22. The van der Waals surface area contributed by atoms with Gasteiger partial charge in [0, 0.05) is 18.3 Å². The molecule has 4 N–H and O–H groups in total. The summed E-state index contributed by atoms with van der Waals surface area (Å²) in [6.07, 6.45) is -2.20. The number of aryl methyl sites for hydroxylation is 1. The summed E-state index contributed by atoms with van der Waals surface area (Å²) >= 11 is 0. The van der Waals surface area contributed by atoms with E-state index in [2.05, 4.69) is 10.3 Å². The summed E-state index contributed by atoms with van der Waals surface area (Å²) in [5.41, 5.74) is 9.70. The minimum absolute atomic E-state index is 0.0137. The lowest BCUT2D eigenvalue weighted by atomic mass is 10.1. The first-order chi connectivity index (χ1) is 14.6. The molecule has 0 unspecified atom stereocenters. The number of nitrogens with one attached hydrogen (secondary N) is 1. The molecule has 0 aliphatic heterocycles. The Labute approximate surface area is 176 Å². The molecular weight excluding hydrogens is 411 g/mol. The summed E-state index contributed by atoms with van der Waals surface area (Å²) in [5.74, 6) is -2.25. The van der Waals surface area contributed by atoms with E-state index in [9.17, 15) is 18.0 Å². The number of nitrogen functional groups attached to an aromatic ring is 1. The fourth-order valence-corrected chi connectivity index (χ4v) is 2.50. The predicted molar refractivity (Wildman–Crippen MR) is 111 cm³/mol. The van der Waals surface area contributed by atoms with Gasteiger partial charge in [0.15, 0.2) is 0 Å². The first-order valence-electron chi connectivity index (χ1n) is 9.11. The number of rotatable bonds is 5. The number of aliphatic carboxylic acids is 1. The van der Waals surface area contributed by atoms with E-state index in [-0.39, 0.29) is 5.91 Å². The van der Waals surface area contributed by atoms with Crippen LogP contribution in [0.5, 0.6) is 0 Å². The third-order valence-electron chi connectivity index (χ3n) is 4.01. The van der Waals surface area contributed by atoms with E-state index in [0.29, 0.717) is 12.2 Å². The van der Waals surface area contributed by atoms with E-state index in [1.165, 1.54) is 5.56 Å². The smallest absolute Gasteiger partial charge is 0.475 e. The van der Waals surface area contributed by atoms with E-state index in [1.54, 1.807) is 6.20 Å². The number of carbonyl (C=O) groups is 2. The fraction of sp³-hybridized carbons (Fsp3) is 0.136. The molecule has 0 aliphatic rings. The van der Waals surface area contributed by atoms with E-state index < -0.39 is 12.1 Å². The van der Waals surface area contributed by atoms with Gasteiger partial charge >= 0.3 is 12.1 Å². The molecule has 1 heterocycles. The van der Waals surface area contributed by atoms with Gasteiger partial charge in [0.1, 0.15) is 5.82 Å². The lowest BCUT2D eigenvalue weighted by Gasteiger charge is -2.07. The molecule has 6 nitrogen and oxygen atoms in total. The lowest BCUT2D eigenvalue weighted by Crippen LogP contribution is -2.21. The first kappa shape index (κ1) is 23.4. The first-order valence-corrected chi connectivity index (χ1v) is 9.11. The van der Waals surface area contributed by atoms with Gasteiger partial charge in [0.2, 0.25) is 5.91 Å². The monoisotopic (exact) mass is 431 g/mol. The number of alkyl halides is 3. The Hall–Kier alpha value is -3.88. The maximum Gasteiger partial charge on any atom is 0.490 e. The van der Waals surface area contributed by atoms with Crippen LogP contribution in [0.15, 0.2) is 72.9 Å². The normalized spacial score (nSPS) is 10.5. The van der Waals surface area contributed by atoms with Crippen molar-refractivity contribution in [1.82, 2.24) is 4.98 Å².